The Labute approximate surface area is 144 Å². The van der Waals surface area contributed by atoms with Crippen molar-refractivity contribution < 1.29 is 23.8 Å². The predicted molar refractivity (Wildman–Crippen MR) is 89.5 cm³/mol. The van der Waals surface area contributed by atoms with Crippen molar-refractivity contribution >= 4 is 17.6 Å². The second kappa shape index (κ2) is 6.55. The first-order valence-corrected chi connectivity index (χ1v) is 7.91. The molecule has 0 aromatic heterocycles. The van der Waals surface area contributed by atoms with Gasteiger partial charge < -0.3 is 14.7 Å². The highest BCUT2D eigenvalue weighted by Gasteiger charge is 2.52. The number of carbonyl (C=O) groups is 2. The Morgan fingerprint density at radius 1 is 1.20 bits per heavy atom. The molecule has 3 rings (SSSR count). The van der Waals surface area contributed by atoms with E-state index in [1.165, 1.54) is 19.2 Å². The molecule has 1 atom stereocenters. The number of halogens is 1. The average Bonchev–Trinajstić information content (AvgIpc) is 2.60. The Morgan fingerprint density at radius 3 is 2.40 bits per heavy atom. The molecule has 1 aliphatic rings. The van der Waals surface area contributed by atoms with Gasteiger partial charge in [-0.3, -0.25) is 9.59 Å². The van der Waals surface area contributed by atoms with Crippen LogP contribution in [0.5, 0.6) is 5.75 Å². The molecule has 2 aromatic rings. The maximum atomic E-state index is 13.2. The van der Waals surface area contributed by atoms with Gasteiger partial charge in [0.2, 0.25) is 5.91 Å². The van der Waals surface area contributed by atoms with Crippen molar-refractivity contribution in [3.8, 4) is 5.75 Å². The van der Waals surface area contributed by atoms with Crippen molar-refractivity contribution in [2.24, 2.45) is 0 Å². The summed E-state index contributed by atoms with van der Waals surface area (Å²) in [7, 11) is 1.32. The molecular weight excluding hydrogens is 325 g/mol. The van der Waals surface area contributed by atoms with Crippen molar-refractivity contribution in [3.63, 3.8) is 0 Å². The fraction of sp³-hybridized carbons (Fsp3) is 0.263. The number of hydrogen-bond acceptors (Lipinski definition) is 4. The quantitative estimate of drug-likeness (QED) is 0.669. The molecule has 130 valence electrons. The summed E-state index contributed by atoms with van der Waals surface area (Å²) in [5, 5.41) is 9.54. The Balaban J connectivity index is 2.01. The van der Waals surface area contributed by atoms with Crippen LogP contribution in [0.15, 0.2) is 48.5 Å². The Kier molecular flexibility index (Phi) is 4.44. The fourth-order valence-corrected chi connectivity index (χ4v) is 3.30. The standard InChI is InChI=1S/C19H18FNO4/c1-25-18(24)10-11-19(13-2-8-16(22)9-3-13)12-17(23)21(19)15-6-4-14(20)5-7-15/h2-9,22H,10-12H2,1H3/t19-/m0/s1. The van der Waals surface area contributed by atoms with Crippen LogP contribution < -0.4 is 4.90 Å². The lowest BCUT2D eigenvalue weighted by Crippen LogP contribution is -2.61. The minimum Gasteiger partial charge on any atom is -0.508 e. The molecule has 1 amide bonds. The van der Waals surface area contributed by atoms with E-state index in [2.05, 4.69) is 0 Å². The second-order valence-corrected chi connectivity index (χ2v) is 6.04. The number of methoxy groups -OCH3 is 1. The lowest BCUT2D eigenvalue weighted by Gasteiger charge is -2.52. The third-order valence-corrected chi connectivity index (χ3v) is 4.58. The molecule has 6 heteroatoms. The smallest absolute Gasteiger partial charge is 0.305 e. The molecule has 0 saturated carbocycles. The van der Waals surface area contributed by atoms with Gasteiger partial charge in [-0.25, -0.2) is 4.39 Å². The highest BCUT2D eigenvalue weighted by atomic mass is 19.1. The SMILES string of the molecule is COC(=O)CC[C@@]1(c2ccc(O)cc2)CC(=O)N1c1ccc(F)cc1. The molecule has 25 heavy (non-hydrogen) atoms. The van der Waals surface area contributed by atoms with Crippen molar-refractivity contribution in [1.29, 1.82) is 0 Å². The van der Waals surface area contributed by atoms with Crippen LogP contribution in [-0.4, -0.2) is 24.1 Å². The van der Waals surface area contributed by atoms with Crippen LogP contribution in [0.1, 0.15) is 24.8 Å². The zero-order chi connectivity index (χ0) is 18.0. The molecule has 0 unspecified atom stereocenters. The summed E-state index contributed by atoms with van der Waals surface area (Å²) in [5.41, 5.74) is 0.644. The molecule has 5 nitrogen and oxygen atoms in total. The number of β-lactam (4-membered cyclic amide) rings is 1. The van der Waals surface area contributed by atoms with E-state index in [1.807, 2.05) is 0 Å². The maximum absolute atomic E-state index is 13.2. The van der Waals surface area contributed by atoms with Crippen molar-refractivity contribution in [2.75, 3.05) is 12.0 Å². The van der Waals surface area contributed by atoms with Crippen molar-refractivity contribution in [2.45, 2.75) is 24.8 Å². The van der Waals surface area contributed by atoms with Gasteiger partial charge in [0.1, 0.15) is 11.6 Å². The normalized spacial score (nSPS) is 19.4. The highest BCUT2D eigenvalue weighted by Crippen LogP contribution is 2.48. The number of carbonyl (C=O) groups excluding carboxylic acids is 2. The summed E-state index contributed by atoms with van der Waals surface area (Å²) in [6.07, 6.45) is 0.738. The van der Waals surface area contributed by atoms with Gasteiger partial charge >= 0.3 is 5.97 Å². The van der Waals surface area contributed by atoms with E-state index in [1.54, 1.807) is 41.3 Å². The molecule has 2 aromatic carbocycles. The van der Waals surface area contributed by atoms with Crippen LogP contribution in [0.25, 0.3) is 0 Å². The van der Waals surface area contributed by atoms with E-state index in [-0.39, 0.29) is 36.3 Å². The first kappa shape index (κ1) is 17.0. The third kappa shape index (κ3) is 3.07. The molecule has 1 N–H and O–H groups in total. The molecule has 0 bridgehead atoms. The summed E-state index contributed by atoms with van der Waals surface area (Å²) >= 11 is 0. The molecule has 0 spiro atoms. The third-order valence-electron chi connectivity index (χ3n) is 4.58. The molecule has 0 radical (unpaired) electrons. The number of phenolic OH excluding ortho intramolecular Hbond substituents is 1. The number of esters is 1. The first-order chi connectivity index (χ1) is 12.0. The largest absolute Gasteiger partial charge is 0.508 e. The molecule has 1 fully saturated rings. The van der Waals surface area contributed by atoms with Gasteiger partial charge in [0, 0.05) is 12.1 Å². The number of aromatic hydroxyl groups is 1. The summed E-state index contributed by atoms with van der Waals surface area (Å²) in [6.45, 7) is 0. The zero-order valence-corrected chi connectivity index (χ0v) is 13.7. The molecule has 1 aliphatic heterocycles. The van der Waals surface area contributed by atoms with E-state index in [9.17, 15) is 19.1 Å². The van der Waals surface area contributed by atoms with Crippen molar-refractivity contribution in [3.05, 3.63) is 59.9 Å². The second-order valence-electron chi connectivity index (χ2n) is 6.04. The Morgan fingerprint density at radius 2 is 1.84 bits per heavy atom. The highest BCUT2D eigenvalue weighted by molar-refractivity contribution is 6.03. The van der Waals surface area contributed by atoms with E-state index < -0.39 is 5.54 Å². The van der Waals surface area contributed by atoms with E-state index in [0.29, 0.717) is 12.1 Å². The first-order valence-electron chi connectivity index (χ1n) is 7.91. The van der Waals surface area contributed by atoms with E-state index in [4.69, 9.17) is 4.74 Å². The van der Waals surface area contributed by atoms with Crippen LogP contribution in [0.3, 0.4) is 0 Å². The average molecular weight is 343 g/mol. The lowest BCUT2D eigenvalue weighted by molar-refractivity contribution is -0.142. The summed E-state index contributed by atoms with van der Waals surface area (Å²) < 4.78 is 18.0. The summed E-state index contributed by atoms with van der Waals surface area (Å²) in [4.78, 5) is 25.6. The minimum absolute atomic E-state index is 0.107. The van der Waals surface area contributed by atoms with Crippen LogP contribution >= 0.6 is 0 Å². The Bertz CT molecular complexity index is 788. The number of nitrogens with zero attached hydrogens (tertiary/aromatic N) is 1. The number of phenols is 1. The van der Waals surface area contributed by atoms with Crippen LogP contribution in [0.4, 0.5) is 10.1 Å². The van der Waals surface area contributed by atoms with Gasteiger partial charge in [-0.2, -0.15) is 0 Å². The van der Waals surface area contributed by atoms with Gasteiger partial charge in [0.15, 0.2) is 0 Å². The predicted octanol–water partition coefficient (Wildman–Crippen LogP) is 3.12. The minimum atomic E-state index is -0.725. The van der Waals surface area contributed by atoms with E-state index in [0.717, 1.165) is 5.56 Å². The molecule has 1 saturated heterocycles. The van der Waals surface area contributed by atoms with Crippen LogP contribution in [0, 0.1) is 5.82 Å². The van der Waals surface area contributed by atoms with Crippen molar-refractivity contribution in [1.82, 2.24) is 0 Å². The monoisotopic (exact) mass is 343 g/mol. The number of anilines is 1. The number of ether oxygens (including phenoxy) is 1. The zero-order valence-electron chi connectivity index (χ0n) is 13.7. The van der Waals surface area contributed by atoms with Crippen LogP contribution in [0.2, 0.25) is 0 Å². The van der Waals surface area contributed by atoms with Gasteiger partial charge in [0.25, 0.3) is 0 Å². The summed E-state index contributed by atoms with van der Waals surface area (Å²) in [5.74, 6) is -0.742. The summed E-state index contributed by atoms with van der Waals surface area (Å²) in [6, 6.07) is 12.2. The van der Waals surface area contributed by atoms with Gasteiger partial charge in [0.05, 0.1) is 19.1 Å². The fourth-order valence-electron chi connectivity index (χ4n) is 3.30. The molecule has 1 heterocycles. The molecule has 0 aliphatic carbocycles. The Hall–Kier alpha value is -2.89. The number of benzene rings is 2. The number of amides is 1. The van der Waals surface area contributed by atoms with Crippen LogP contribution in [-0.2, 0) is 19.9 Å². The maximum Gasteiger partial charge on any atom is 0.305 e. The van der Waals surface area contributed by atoms with Gasteiger partial charge in [-0.05, 0) is 48.4 Å². The molecular formula is C19H18FNO4. The van der Waals surface area contributed by atoms with Gasteiger partial charge in [-0.15, -0.1) is 0 Å². The number of rotatable bonds is 5. The van der Waals surface area contributed by atoms with Gasteiger partial charge in [-0.1, -0.05) is 12.1 Å². The lowest BCUT2D eigenvalue weighted by atomic mass is 9.73. The van der Waals surface area contributed by atoms with E-state index >= 15 is 0 Å². The number of hydrogen-bond donors (Lipinski definition) is 1. The topological polar surface area (TPSA) is 66.8 Å².